The molecular weight excluding hydrogens is 202 g/mol. The predicted octanol–water partition coefficient (Wildman–Crippen LogP) is 2.71. The maximum Gasteiger partial charge on any atom is 0.129 e. The van der Waals surface area contributed by atoms with Gasteiger partial charge in [-0.15, -0.1) is 0 Å². The highest BCUT2D eigenvalue weighted by atomic mass is 35.5. The fourth-order valence-electron chi connectivity index (χ4n) is 0.876. The maximum absolute atomic E-state index is 5.71. The van der Waals surface area contributed by atoms with Gasteiger partial charge in [0.25, 0.3) is 0 Å². The lowest BCUT2D eigenvalue weighted by Crippen LogP contribution is -1.87. The van der Waals surface area contributed by atoms with Crippen LogP contribution in [0.25, 0.3) is 0 Å². The third kappa shape index (κ3) is 3.30. The molecule has 3 heteroatoms. The Morgan fingerprint density at radius 2 is 2.31 bits per heavy atom. The summed E-state index contributed by atoms with van der Waals surface area (Å²) >= 11 is 9.78. The first-order valence-electron chi connectivity index (χ1n) is 3.97. The van der Waals surface area contributed by atoms with E-state index in [9.17, 15) is 0 Å². The van der Waals surface area contributed by atoms with E-state index in [-0.39, 0.29) is 0 Å². The van der Waals surface area contributed by atoms with Gasteiger partial charge in [-0.1, -0.05) is 23.4 Å². The van der Waals surface area contributed by atoms with Gasteiger partial charge >= 0.3 is 0 Å². The van der Waals surface area contributed by atoms with Crippen molar-refractivity contribution in [3.63, 3.8) is 0 Å². The lowest BCUT2D eigenvalue weighted by atomic mass is 10.2. The number of halogens is 1. The molecule has 1 aromatic heterocycles. The first kappa shape index (κ1) is 10.4. The van der Waals surface area contributed by atoms with Gasteiger partial charge in [0, 0.05) is 17.7 Å². The highest BCUT2D eigenvalue weighted by molar-refractivity contribution is 7.80. The second kappa shape index (κ2) is 5.16. The molecule has 1 heterocycles. The average Bonchev–Trinajstić information content (AvgIpc) is 2.09. The Balaban J connectivity index is 2.85. The Morgan fingerprint density at radius 1 is 1.54 bits per heavy atom. The van der Waals surface area contributed by atoms with Crippen molar-refractivity contribution >= 4 is 24.2 Å². The van der Waals surface area contributed by atoms with Crippen LogP contribution in [-0.4, -0.2) is 10.7 Å². The molecule has 0 aliphatic rings. The van der Waals surface area contributed by atoms with E-state index < -0.39 is 0 Å². The van der Waals surface area contributed by atoms with Crippen LogP contribution in [0, 0.1) is 18.8 Å². The summed E-state index contributed by atoms with van der Waals surface area (Å²) in [6.45, 7) is 1.90. The fourth-order valence-corrected chi connectivity index (χ4v) is 1.18. The number of aromatic nitrogens is 1. The molecule has 1 aromatic rings. The van der Waals surface area contributed by atoms with Crippen molar-refractivity contribution in [3.05, 3.63) is 28.5 Å². The van der Waals surface area contributed by atoms with Crippen LogP contribution in [0.5, 0.6) is 0 Å². The molecule has 0 amide bonds. The molecule has 0 radical (unpaired) electrons. The first-order chi connectivity index (χ1) is 6.24. The van der Waals surface area contributed by atoms with Crippen molar-refractivity contribution < 1.29 is 0 Å². The number of thiol groups is 1. The van der Waals surface area contributed by atoms with Gasteiger partial charge in [-0.3, -0.25) is 0 Å². The highest BCUT2D eigenvalue weighted by Crippen LogP contribution is 2.09. The van der Waals surface area contributed by atoms with Crippen LogP contribution in [0.4, 0.5) is 0 Å². The molecular formula is C10H10ClNS. The van der Waals surface area contributed by atoms with E-state index in [0.717, 1.165) is 23.4 Å². The summed E-state index contributed by atoms with van der Waals surface area (Å²) in [5.74, 6) is 6.81. The lowest BCUT2D eigenvalue weighted by molar-refractivity contribution is 1.18. The summed E-state index contributed by atoms with van der Waals surface area (Å²) < 4.78 is 0. The molecule has 1 rings (SSSR count). The Hall–Kier alpha value is -0.650. The topological polar surface area (TPSA) is 12.9 Å². The van der Waals surface area contributed by atoms with Crippen molar-refractivity contribution in [1.82, 2.24) is 4.98 Å². The van der Waals surface area contributed by atoms with Crippen LogP contribution in [0.2, 0.25) is 5.15 Å². The second-order valence-corrected chi connectivity index (χ2v) is 3.38. The monoisotopic (exact) mass is 211 g/mol. The van der Waals surface area contributed by atoms with Crippen molar-refractivity contribution in [3.8, 4) is 11.8 Å². The average molecular weight is 212 g/mol. The Labute approximate surface area is 88.9 Å². The number of nitrogens with zero attached hydrogens (tertiary/aromatic N) is 1. The van der Waals surface area contributed by atoms with Gasteiger partial charge in [0.1, 0.15) is 5.15 Å². The predicted molar refractivity (Wildman–Crippen MR) is 59.3 cm³/mol. The fraction of sp³-hybridized carbons (Fsp3) is 0.300. The zero-order valence-corrected chi connectivity index (χ0v) is 8.99. The summed E-state index contributed by atoms with van der Waals surface area (Å²) in [6, 6.07) is 3.63. The third-order valence-corrected chi connectivity index (χ3v) is 1.95. The number of rotatable bonds is 1. The molecule has 0 fully saturated rings. The van der Waals surface area contributed by atoms with Gasteiger partial charge in [-0.05, 0) is 19.1 Å². The van der Waals surface area contributed by atoms with Gasteiger partial charge in [-0.25, -0.2) is 4.98 Å². The van der Waals surface area contributed by atoms with Gasteiger partial charge < -0.3 is 0 Å². The summed E-state index contributed by atoms with van der Waals surface area (Å²) in [5, 5.41) is 0.511. The second-order valence-electron chi connectivity index (χ2n) is 2.54. The molecule has 68 valence electrons. The summed E-state index contributed by atoms with van der Waals surface area (Å²) in [5.41, 5.74) is 1.81. The minimum Gasteiger partial charge on any atom is -0.240 e. The third-order valence-electron chi connectivity index (χ3n) is 1.51. The number of hydrogen-bond acceptors (Lipinski definition) is 2. The van der Waals surface area contributed by atoms with Crippen LogP contribution < -0.4 is 0 Å². The minimum absolute atomic E-state index is 0.511. The smallest absolute Gasteiger partial charge is 0.129 e. The van der Waals surface area contributed by atoms with Crippen LogP contribution in [0.3, 0.4) is 0 Å². The molecule has 0 saturated heterocycles. The lowest BCUT2D eigenvalue weighted by Gasteiger charge is -1.96. The zero-order chi connectivity index (χ0) is 9.68. The van der Waals surface area contributed by atoms with Crippen LogP contribution >= 0.6 is 24.2 Å². The number of aryl methyl sites for hydroxylation is 1. The quantitative estimate of drug-likeness (QED) is 0.428. The molecule has 0 bridgehead atoms. The number of pyridine rings is 1. The standard InChI is InChI=1S/C10H10ClNS/c1-8-9(4-2-3-7-13)5-6-10(11)12-8/h5-6,13H,3,7H2,1H3. The van der Waals surface area contributed by atoms with Gasteiger partial charge in [-0.2, -0.15) is 12.6 Å². The zero-order valence-electron chi connectivity index (χ0n) is 7.34. The van der Waals surface area contributed by atoms with Crippen LogP contribution in [-0.2, 0) is 0 Å². The summed E-state index contributed by atoms with van der Waals surface area (Å²) in [7, 11) is 0. The SMILES string of the molecule is Cc1nc(Cl)ccc1C#CCCS. The number of hydrogen-bond donors (Lipinski definition) is 1. The van der Waals surface area contributed by atoms with Crippen molar-refractivity contribution in [2.45, 2.75) is 13.3 Å². The van der Waals surface area contributed by atoms with Gasteiger partial charge in [0.15, 0.2) is 0 Å². The Kier molecular flexibility index (Phi) is 4.14. The summed E-state index contributed by atoms with van der Waals surface area (Å²) in [6.07, 6.45) is 0.797. The minimum atomic E-state index is 0.511. The Morgan fingerprint density at radius 3 is 2.92 bits per heavy atom. The molecule has 0 aliphatic carbocycles. The van der Waals surface area contributed by atoms with E-state index in [1.807, 2.05) is 13.0 Å². The molecule has 0 spiro atoms. The largest absolute Gasteiger partial charge is 0.240 e. The molecule has 0 unspecified atom stereocenters. The molecule has 0 atom stereocenters. The van der Waals surface area contributed by atoms with Crippen molar-refractivity contribution in [1.29, 1.82) is 0 Å². The van der Waals surface area contributed by atoms with E-state index in [1.165, 1.54) is 0 Å². The summed E-state index contributed by atoms with van der Waals surface area (Å²) in [4.78, 5) is 4.10. The van der Waals surface area contributed by atoms with Gasteiger partial charge in [0.2, 0.25) is 0 Å². The normalized spacial score (nSPS) is 9.15. The molecule has 0 N–H and O–H groups in total. The van der Waals surface area contributed by atoms with Gasteiger partial charge in [0.05, 0.1) is 5.69 Å². The van der Waals surface area contributed by atoms with Crippen LogP contribution in [0.15, 0.2) is 12.1 Å². The molecule has 1 nitrogen and oxygen atoms in total. The molecule has 0 aromatic carbocycles. The van der Waals surface area contributed by atoms with Crippen LogP contribution in [0.1, 0.15) is 17.7 Å². The Bertz CT molecular complexity index is 352. The maximum atomic E-state index is 5.71. The van der Waals surface area contributed by atoms with Crippen molar-refractivity contribution in [2.24, 2.45) is 0 Å². The van der Waals surface area contributed by atoms with E-state index in [2.05, 4.69) is 29.5 Å². The molecule has 13 heavy (non-hydrogen) atoms. The first-order valence-corrected chi connectivity index (χ1v) is 4.98. The van der Waals surface area contributed by atoms with E-state index >= 15 is 0 Å². The van der Waals surface area contributed by atoms with E-state index in [4.69, 9.17) is 11.6 Å². The molecule has 0 saturated carbocycles. The highest BCUT2D eigenvalue weighted by Gasteiger charge is 1.95. The van der Waals surface area contributed by atoms with E-state index in [0.29, 0.717) is 5.15 Å². The van der Waals surface area contributed by atoms with Crippen molar-refractivity contribution in [2.75, 3.05) is 5.75 Å². The molecule has 0 aliphatic heterocycles. The van der Waals surface area contributed by atoms with E-state index in [1.54, 1.807) is 6.07 Å².